The molecule has 0 aromatic heterocycles. The maximum Gasteiger partial charge on any atom is 0.411 e. The average Bonchev–Trinajstić information content (AvgIpc) is 3.06. The normalized spacial score (nSPS) is 24.2. The van der Waals surface area contributed by atoms with Gasteiger partial charge in [-0.3, -0.25) is 15.0 Å². The fourth-order valence-corrected chi connectivity index (χ4v) is 4.11. The van der Waals surface area contributed by atoms with Crippen LogP contribution in [0, 0.1) is 16.0 Å². The summed E-state index contributed by atoms with van der Waals surface area (Å²) in [4.78, 5) is 36.9. The second-order valence-corrected chi connectivity index (χ2v) is 7.00. The molecular formula is C19H24N2O6. The first-order chi connectivity index (χ1) is 13.0. The van der Waals surface area contributed by atoms with Gasteiger partial charge >= 0.3 is 12.1 Å². The van der Waals surface area contributed by atoms with Gasteiger partial charge in [-0.15, -0.1) is 0 Å². The summed E-state index contributed by atoms with van der Waals surface area (Å²) in [5.41, 5.74) is 0.637. The molecular weight excluding hydrogens is 352 g/mol. The molecule has 8 nitrogen and oxygen atoms in total. The summed E-state index contributed by atoms with van der Waals surface area (Å²) >= 11 is 0. The van der Waals surface area contributed by atoms with Gasteiger partial charge in [0.1, 0.15) is 12.6 Å². The van der Waals surface area contributed by atoms with Crippen molar-refractivity contribution in [2.24, 2.45) is 5.92 Å². The Kier molecular flexibility index (Phi) is 5.93. The number of fused-ring (bicyclic) bond motifs is 1. The summed E-state index contributed by atoms with van der Waals surface area (Å²) < 4.78 is 10.6. The molecule has 1 saturated heterocycles. The number of esters is 1. The van der Waals surface area contributed by atoms with Crippen LogP contribution in [0.1, 0.15) is 44.6 Å². The molecule has 146 valence electrons. The van der Waals surface area contributed by atoms with E-state index in [9.17, 15) is 19.7 Å². The molecule has 2 aliphatic rings. The quantitative estimate of drug-likeness (QED) is 0.443. The third-order valence-corrected chi connectivity index (χ3v) is 5.37. The van der Waals surface area contributed by atoms with Crippen molar-refractivity contribution in [2.75, 3.05) is 6.61 Å². The van der Waals surface area contributed by atoms with E-state index in [1.165, 1.54) is 12.1 Å². The molecule has 0 N–H and O–H groups in total. The van der Waals surface area contributed by atoms with Gasteiger partial charge in [-0.1, -0.05) is 12.8 Å². The zero-order valence-electron chi connectivity index (χ0n) is 15.3. The van der Waals surface area contributed by atoms with E-state index >= 15 is 0 Å². The molecule has 1 amide bonds. The van der Waals surface area contributed by atoms with E-state index in [-0.39, 0.29) is 30.9 Å². The molecule has 0 bridgehead atoms. The van der Waals surface area contributed by atoms with Crippen LogP contribution in [0.4, 0.5) is 10.5 Å². The zero-order valence-corrected chi connectivity index (χ0v) is 15.3. The fraction of sp³-hybridized carbons (Fsp3) is 0.579. The Hall–Kier alpha value is -2.64. The summed E-state index contributed by atoms with van der Waals surface area (Å²) in [6, 6.07) is 5.28. The number of nitro benzene ring substituents is 1. The Morgan fingerprint density at radius 1 is 1.19 bits per heavy atom. The van der Waals surface area contributed by atoms with Crippen molar-refractivity contribution in [3.05, 3.63) is 39.9 Å². The van der Waals surface area contributed by atoms with E-state index in [0.717, 1.165) is 25.7 Å². The number of hydrogen-bond acceptors (Lipinski definition) is 6. The van der Waals surface area contributed by atoms with Gasteiger partial charge in [-0.2, -0.15) is 0 Å². The number of carbonyl (C=O) groups is 2. The Labute approximate surface area is 157 Å². The lowest BCUT2D eigenvalue weighted by Gasteiger charge is -2.32. The molecule has 1 heterocycles. The van der Waals surface area contributed by atoms with Crippen molar-refractivity contribution in [2.45, 2.75) is 57.7 Å². The van der Waals surface area contributed by atoms with E-state index in [0.29, 0.717) is 17.9 Å². The van der Waals surface area contributed by atoms with Gasteiger partial charge in [0.2, 0.25) is 0 Å². The van der Waals surface area contributed by atoms with Gasteiger partial charge in [-0.25, -0.2) is 9.59 Å². The van der Waals surface area contributed by atoms with Crippen LogP contribution in [0.15, 0.2) is 24.3 Å². The number of rotatable bonds is 5. The highest BCUT2D eigenvalue weighted by molar-refractivity contribution is 5.82. The summed E-state index contributed by atoms with van der Waals surface area (Å²) in [7, 11) is 0. The van der Waals surface area contributed by atoms with Gasteiger partial charge < -0.3 is 9.47 Å². The molecule has 27 heavy (non-hydrogen) atoms. The van der Waals surface area contributed by atoms with Crippen molar-refractivity contribution in [1.82, 2.24) is 4.90 Å². The van der Waals surface area contributed by atoms with Crippen molar-refractivity contribution < 1.29 is 24.0 Å². The molecule has 0 spiro atoms. The molecule has 1 aliphatic carbocycles. The first kappa shape index (κ1) is 19.1. The van der Waals surface area contributed by atoms with Crippen LogP contribution in [0.3, 0.4) is 0 Å². The Balaban J connectivity index is 1.68. The number of non-ortho nitro benzene ring substituents is 1. The molecule has 2 fully saturated rings. The summed E-state index contributed by atoms with van der Waals surface area (Å²) in [6.45, 7) is 2.02. The van der Waals surface area contributed by atoms with Crippen LogP contribution in [0.5, 0.6) is 0 Å². The Morgan fingerprint density at radius 3 is 2.56 bits per heavy atom. The topological polar surface area (TPSA) is 99.0 Å². The highest BCUT2D eigenvalue weighted by atomic mass is 16.6. The minimum Gasteiger partial charge on any atom is -0.464 e. The lowest BCUT2D eigenvalue weighted by atomic mass is 9.85. The fourth-order valence-electron chi connectivity index (χ4n) is 4.11. The molecule has 3 unspecified atom stereocenters. The number of amides is 1. The number of carbonyl (C=O) groups excluding carboxylic acids is 2. The third kappa shape index (κ3) is 4.20. The third-order valence-electron chi connectivity index (χ3n) is 5.37. The number of benzene rings is 1. The van der Waals surface area contributed by atoms with Crippen LogP contribution >= 0.6 is 0 Å². The number of nitro groups is 1. The van der Waals surface area contributed by atoms with Crippen LogP contribution < -0.4 is 0 Å². The molecule has 1 aromatic carbocycles. The highest BCUT2D eigenvalue weighted by Gasteiger charge is 2.48. The monoisotopic (exact) mass is 376 g/mol. The molecule has 1 aromatic rings. The number of hydrogen-bond donors (Lipinski definition) is 0. The van der Waals surface area contributed by atoms with Crippen LogP contribution in [0.2, 0.25) is 0 Å². The molecule has 3 atom stereocenters. The number of ether oxygens (including phenoxy) is 2. The predicted octanol–water partition coefficient (Wildman–Crippen LogP) is 3.43. The zero-order chi connectivity index (χ0) is 19.4. The maximum atomic E-state index is 12.8. The van der Waals surface area contributed by atoms with E-state index in [4.69, 9.17) is 9.47 Å². The minimum absolute atomic E-state index is 0.000258. The van der Waals surface area contributed by atoms with Gasteiger partial charge in [0.25, 0.3) is 5.69 Å². The number of nitrogens with zero attached hydrogens (tertiary/aromatic N) is 2. The van der Waals surface area contributed by atoms with E-state index < -0.39 is 17.1 Å². The summed E-state index contributed by atoms with van der Waals surface area (Å²) in [6.07, 6.45) is 4.11. The minimum atomic E-state index is -0.595. The lowest BCUT2D eigenvalue weighted by Crippen LogP contribution is -2.47. The molecule has 3 rings (SSSR count). The largest absolute Gasteiger partial charge is 0.464 e. The second-order valence-electron chi connectivity index (χ2n) is 7.00. The Bertz CT molecular complexity index is 705. The van der Waals surface area contributed by atoms with Crippen molar-refractivity contribution in [3.63, 3.8) is 0 Å². The van der Waals surface area contributed by atoms with E-state index in [1.54, 1.807) is 24.0 Å². The van der Waals surface area contributed by atoms with Crippen LogP contribution in [0.25, 0.3) is 0 Å². The van der Waals surface area contributed by atoms with E-state index in [2.05, 4.69) is 0 Å². The smallest absolute Gasteiger partial charge is 0.411 e. The first-order valence-electron chi connectivity index (χ1n) is 9.36. The van der Waals surface area contributed by atoms with Gasteiger partial charge in [0, 0.05) is 18.2 Å². The standard InChI is InChI=1S/C19H24N2O6/c1-2-26-18(22)17-11-14-5-3-4-6-16(14)20(17)19(23)27-12-13-7-9-15(10-8-13)21(24)25/h7-10,14,16-17H,2-6,11-12H2,1H3. The van der Waals surface area contributed by atoms with Crippen molar-refractivity contribution >= 4 is 17.7 Å². The maximum absolute atomic E-state index is 12.8. The first-order valence-corrected chi connectivity index (χ1v) is 9.36. The van der Waals surface area contributed by atoms with Gasteiger partial charge in [-0.05, 0) is 49.8 Å². The molecule has 1 saturated carbocycles. The predicted molar refractivity (Wildman–Crippen MR) is 95.9 cm³/mol. The summed E-state index contributed by atoms with van der Waals surface area (Å²) in [5.74, 6) is -0.0701. The second kappa shape index (κ2) is 8.37. The van der Waals surface area contributed by atoms with Gasteiger partial charge in [0.05, 0.1) is 11.5 Å². The molecule has 1 aliphatic heterocycles. The van der Waals surface area contributed by atoms with Crippen molar-refractivity contribution in [3.8, 4) is 0 Å². The average molecular weight is 376 g/mol. The molecule has 8 heteroatoms. The van der Waals surface area contributed by atoms with Crippen LogP contribution in [-0.2, 0) is 20.9 Å². The van der Waals surface area contributed by atoms with Gasteiger partial charge in [0.15, 0.2) is 0 Å². The van der Waals surface area contributed by atoms with Crippen molar-refractivity contribution in [1.29, 1.82) is 0 Å². The van der Waals surface area contributed by atoms with E-state index in [1.807, 2.05) is 0 Å². The number of likely N-dealkylation sites (tertiary alicyclic amines) is 1. The SMILES string of the molecule is CCOC(=O)C1CC2CCCCC2N1C(=O)OCc1ccc([N+](=O)[O-])cc1. The highest BCUT2D eigenvalue weighted by Crippen LogP contribution is 2.40. The molecule has 0 radical (unpaired) electrons. The lowest BCUT2D eigenvalue weighted by molar-refractivity contribution is -0.384. The van der Waals surface area contributed by atoms with Crippen LogP contribution in [-0.4, -0.2) is 40.6 Å². The summed E-state index contributed by atoms with van der Waals surface area (Å²) in [5, 5.41) is 10.7. The Morgan fingerprint density at radius 2 is 1.89 bits per heavy atom.